The summed E-state index contributed by atoms with van der Waals surface area (Å²) in [5, 5.41) is 5.97. The lowest BCUT2D eigenvalue weighted by molar-refractivity contribution is -0.128. The standard InChI is InChI=1S/C16H20FN3O2.ClH/c17-11-5-1-2-7-14(11)20-10-8-13(16(20)22)19-15(21)12-6-3-4-9-18-12;/h1-2,5,7,12-13,18H,3-4,6,8-10H2,(H,19,21);1H. The number of benzene rings is 1. The lowest BCUT2D eigenvalue weighted by Gasteiger charge is -2.24. The van der Waals surface area contributed by atoms with Crippen molar-refractivity contribution in [3.8, 4) is 0 Å². The first-order valence-corrected chi connectivity index (χ1v) is 7.76. The van der Waals surface area contributed by atoms with E-state index >= 15 is 0 Å². The normalized spacial score (nSPS) is 24.2. The first-order valence-electron chi connectivity index (χ1n) is 7.76. The third-order valence-electron chi connectivity index (χ3n) is 4.29. The second-order valence-electron chi connectivity index (χ2n) is 5.79. The Labute approximate surface area is 141 Å². The fourth-order valence-corrected chi connectivity index (χ4v) is 3.07. The number of anilines is 1. The van der Waals surface area contributed by atoms with Crippen molar-refractivity contribution in [3.05, 3.63) is 30.1 Å². The second-order valence-corrected chi connectivity index (χ2v) is 5.79. The number of nitrogens with zero attached hydrogens (tertiary/aromatic N) is 1. The molecule has 7 heteroatoms. The SMILES string of the molecule is Cl.O=C(NC1CCN(c2ccccc2F)C1=O)C1CCCCN1. The van der Waals surface area contributed by atoms with Gasteiger partial charge in [0, 0.05) is 6.54 Å². The molecule has 2 heterocycles. The molecule has 23 heavy (non-hydrogen) atoms. The average Bonchev–Trinajstić information content (AvgIpc) is 2.90. The van der Waals surface area contributed by atoms with E-state index in [1.807, 2.05) is 0 Å². The van der Waals surface area contributed by atoms with E-state index in [1.54, 1.807) is 18.2 Å². The zero-order chi connectivity index (χ0) is 15.5. The van der Waals surface area contributed by atoms with Gasteiger partial charge in [0.05, 0.1) is 11.7 Å². The van der Waals surface area contributed by atoms with Crippen LogP contribution in [-0.4, -0.2) is 37.0 Å². The van der Waals surface area contributed by atoms with Crippen molar-refractivity contribution < 1.29 is 14.0 Å². The Bertz CT molecular complexity index is 578. The van der Waals surface area contributed by atoms with Crippen molar-refractivity contribution in [1.29, 1.82) is 0 Å². The third-order valence-corrected chi connectivity index (χ3v) is 4.29. The van der Waals surface area contributed by atoms with Crippen LogP contribution in [0.2, 0.25) is 0 Å². The van der Waals surface area contributed by atoms with Gasteiger partial charge in [-0.05, 0) is 37.9 Å². The van der Waals surface area contributed by atoms with Crippen molar-refractivity contribution in [1.82, 2.24) is 10.6 Å². The van der Waals surface area contributed by atoms with Crippen LogP contribution in [0.15, 0.2) is 24.3 Å². The summed E-state index contributed by atoms with van der Waals surface area (Å²) in [6, 6.07) is 5.43. The summed E-state index contributed by atoms with van der Waals surface area (Å²) in [7, 11) is 0. The van der Waals surface area contributed by atoms with Crippen molar-refractivity contribution >= 4 is 29.9 Å². The van der Waals surface area contributed by atoms with Crippen LogP contribution in [0.4, 0.5) is 10.1 Å². The monoisotopic (exact) mass is 341 g/mol. The molecular weight excluding hydrogens is 321 g/mol. The summed E-state index contributed by atoms with van der Waals surface area (Å²) in [6.45, 7) is 1.25. The molecule has 2 saturated heterocycles. The van der Waals surface area contributed by atoms with Gasteiger partial charge in [0.2, 0.25) is 11.8 Å². The Balaban J connectivity index is 0.00000192. The van der Waals surface area contributed by atoms with Crippen molar-refractivity contribution in [3.63, 3.8) is 0 Å². The molecule has 0 radical (unpaired) electrons. The number of amides is 2. The van der Waals surface area contributed by atoms with Crippen molar-refractivity contribution in [2.24, 2.45) is 0 Å². The quantitative estimate of drug-likeness (QED) is 0.878. The number of piperidine rings is 1. The number of halogens is 2. The molecule has 0 aromatic heterocycles. The molecule has 0 aliphatic carbocycles. The fraction of sp³-hybridized carbons (Fsp3) is 0.500. The molecule has 3 rings (SSSR count). The second kappa shape index (κ2) is 7.75. The van der Waals surface area contributed by atoms with Gasteiger partial charge >= 0.3 is 0 Å². The molecule has 2 fully saturated rings. The zero-order valence-corrected chi connectivity index (χ0v) is 13.6. The predicted octanol–water partition coefficient (Wildman–Crippen LogP) is 1.61. The highest BCUT2D eigenvalue weighted by atomic mass is 35.5. The first kappa shape index (κ1) is 17.7. The highest BCUT2D eigenvalue weighted by Crippen LogP contribution is 2.24. The number of nitrogens with one attached hydrogen (secondary N) is 2. The summed E-state index contributed by atoms with van der Waals surface area (Å²) in [4.78, 5) is 26.0. The molecule has 0 spiro atoms. The molecule has 1 aromatic rings. The first-order chi connectivity index (χ1) is 10.7. The summed E-state index contributed by atoms with van der Waals surface area (Å²) >= 11 is 0. The van der Waals surface area contributed by atoms with Gasteiger partial charge in [0.1, 0.15) is 11.9 Å². The Morgan fingerprint density at radius 1 is 1.26 bits per heavy atom. The molecule has 1 aromatic carbocycles. The van der Waals surface area contributed by atoms with E-state index in [0.717, 1.165) is 25.8 Å². The van der Waals surface area contributed by atoms with Crippen LogP contribution in [0.1, 0.15) is 25.7 Å². The van der Waals surface area contributed by atoms with Crippen LogP contribution < -0.4 is 15.5 Å². The van der Waals surface area contributed by atoms with Gasteiger partial charge in [-0.15, -0.1) is 12.4 Å². The molecule has 2 amide bonds. The minimum Gasteiger partial charge on any atom is -0.343 e. The van der Waals surface area contributed by atoms with Gasteiger partial charge < -0.3 is 15.5 Å². The number of para-hydroxylation sites is 1. The molecule has 2 atom stereocenters. The highest BCUT2D eigenvalue weighted by molar-refractivity contribution is 6.01. The molecule has 2 aliphatic heterocycles. The molecular formula is C16H21ClFN3O2. The zero-order valence-electron chi connectivity index (χ0n) is 12.8. The van der Waals surface area contributed by atoms with E-state index in [2.05, 4.69) is 10.6 Å². The lowest BCUT2D eigenvalue weighted by Crippen LogP contribution is -2.51. The maximum Gasteiger partial charge on any atom is 0.249 e. The Morgan fingerprint density at radius 3 is 2.74 bits per heavy atom. The summed E-state index contributed by atoms with van der Waals surface area (Å²) in [5.74, 6) is -0.792. The van der Waals surface area contributed by atoms with Gasteiger partial charge in [-0.1, -0.05) is 18.6 Å². The molecule has 2 unspecified atom stereocenters. The van der Waals surface area contributed by atoms with Gasteiger partial charge in [0.25, 0.3) is 0 Å². The van der Waals surface area contributed by atoms with E-state index in [4.69, 9.17) is 0 Å². The maximum atomic E-state index is 13.8. The van der Waals surface area contributed by atoms with Crippen molar-refractivity contribution in [2.75, 3.05) is 18.0 Å². The maximum absolute atomic E-state index is 13.8. The smallest absolute Gasteiger partial charge is 0.249 e. The van der Waals surface area contributed by atoms with Crippen LogP contribution in [0.3, 0.4) is 0 Å². The molecule has 2 aliphatic rings. The number of carbonyl (C=O) groups excluding carboxylic acids is 2. The Kier molecular flexibility index (Phi) is 5.96. The summed E-state index contributed by atoms with van der Waals surface area (Å²) in [5.41, 5.74) is 0.278. The molecule has 126 valence electrons. The van der Waals surface area contributed by atoms with Crippen LogP contribution in [0.5, 0.6) is 0 Å². The molecule has 0 saturated carbocycles. The van der Waals surface area contributed by atoms with Gasteiger partial charge in [0.15, 0.2) is 0 Å². The van der Waals surface area contributed by atoms with Crippen LogP contribution in [-0.2, 0) is 9.59 Å². The average molecular weight is 342 g/mol. The third kappa shape index (κ3) is 3.82. The minimum atomic E-state index is -0.559. The minimum absolute atomic E-state index is 0. The molecule has 5 nitrogen and oxygen atoms in total. The summed E-state index contributed by atoms with van der Waals surface area (Å²) < 4.78 is 13.8. The van der Waals surface area contributed by atoms with Crippen LogP contribution in [0, 0.1) is 5.82 Å². The predicted molar refractivity (Wildman–Crippen MR) is 88.2 cm³/mol. The number of hydrogen-bond acceptors (Lipinski definition) is 3. The van der Waals surface area contributed by atoms with Crippen LogP contribution in [0.25, 0.3) is 0 Å². The number of hydrogen-bond donors (Lipinski definition) is 2. The largest absolute Gasteiger partial charge is 0.343 e. The van der Waals surface area contributed by atoms with Crippen molar-refractivity contribution in [2.45, 2.75) is 37.8 Å². The topological polar surface area (TPSA) is 61.4 Å². The fourth-order valence-electron chi connectivity index (χ4n) is 3.07. The van der Waals surface area contributed by atoms with Gasteiger partial charge in [-0.25, -0.2) is 4.39 Å². The summed E-state index contributed by atoms with van der Waals surface area (Å²) in [6.07, 6.45) is 3.40. The molecule has 0 bridgehead atoms. The van der Waals surface area contributed by atoms with Gasteiger partial charge in [-0.2, -0.15) is 0 Å². The number of carbonyl (C=O) groups is 2. The van der Waals surface area contributed by atoms with Gasteiger partial charge in [-0.3, -0.25) is 9.59 Å². The van der Waals surface area contributed by atoms with E-state index in [-0.39, 0.29) is 36.0 Å². The highest BCUT2D eigenvalue weighted by Gasteiger charge is 2.35. The molecule has 2 N–H and O–H groups in total. The van der Waals surface area contributed by atoms with E-state index in [9.17, 15) is 14.0 Å². The van der Waals surface area contributed by atoms with E-state index < -0.39 is 11.9 Å². The number of rotatable bonds is 3. The Morgan fingerprint density at radius 2 is 2.04 bits per heavy atom. The van der Waals surface area contributed by atoms with E-state index in [0.29, 0.717) is 13.0 Å². The lowest BCUT2D eigenvalue weighted by atomic mass is 10.0. The Hall–Kier alpha value is -1.66. The van der Waals surface area contributed by atoms with E-state index in [1.165, 1.54) is 11.0 Å². The van der Waals surface area contributed by atoms with Crippen LogP contribution >= 0.6 is 12.4 Å².